The number of primary amides is 1. The molecule has 0 aliphatic heterocycles. The zero-order chi connectivity index (χ0) is 17.8. The molecule has 2 rings (SSSR count). The van der Waals surface area contributed by atoms with Crippen molar-refractivity contribution in [2.24, 2.45) is 5.73 Å². The molecule has 0 saturated heterocycles. The van der Waals surface area contributed by atoms with E-state index in [-0.39, 0.29) is 12.3 Å². The van der Waals surface area contributed by atoms with Crippen LogP contribution in [0.2, 0.25) is 0 Å². The lowest BCUT2D eigenvalue weighted by Crippen LogP contribution is -2.14. The second kappa shape index (κ2) is 10.8. The third-order valence-corrected chi connectivity index (χ3v) is 3.06. The smallest absolute Gasteiger partial charge is 0.259 e. The predicted molar refractivity (Wildman–Crippen MR) is 93.0 cm³/mol. The van der Waals surface area contributed by atoms with Crippen molar-refractivity contribution >= 4 is 18.0 Å². The van der Waals surface area contributed by atoms with Gasteiger partial charge in [-0.2, -0.15) is 5.10 Å². The van der Waals surface area contributed by atoms with Crippen molar-refractivity contribution in [3.8, 4) is 5.75 Å². The van der Waals surface area contributed by atoms with Gasteiger partial charge < -0.3 is 15.8 Å². The third kappa shape index (κ3) is 5.75. The lowest BCUT2D eigenvalue weighted by Gasteiger charge is -2.11. The number of benzene rings is 1. The highest BCUT2D eigenvalue weighted by Gasteiger charge is 2.14. The summed E-state index contributed by atoms with van der Waals surface area (Å²) in [5, 5.41) is 9.80. The van der Waals surface area contributed by atoms with Crippen LogP contribution in [0.1, 0.15) is 42.7 Å². The van der Waals surface area contributed by atoms with Crippen LogP contribution >= 0.6 is 0 Å². The van der Waals surface area contributed by atoms with Gasteiger partial charge in [-0.1, -0.05) is 32.4 Å². The molecule has 130 valence electrons. The Labute approximate surface area is 141 Å². The molecule has 0 fully saturated rings. The van der Waals surface area contributed by atoms with Gasteiger partial charge in [0.25, 0.3) is 5.91 Å². The minimum Gasteiger partial charge on any atom is -0.493 e. The first-order valence-electron chi connectivity index (χ1n) is 7.88. The number of anilines is 1. The van der Waals surface area contributed by atoms with E-state index in [1.54, 1.807) is 12.3 Å². The molecule has 0 spiro atoms. The predicted octanol–water partition coefficient (Wildman–Crippen LogP) is 2.50. The quantitative estimate of drug-likeness (QED) is 0.677. The molecule has 24 heavy (non-hydrogen) atoms. The molecule has 0 radical (unpaired) electrons. The Bertz CT molecular complexity index is 640. The molecule has 1 aromatic heterocycles. The number of hydrogen-bond acceptors (Lipinski definition) is 4. The lowest BCUT2D eigenvalue weighted by atomic mass is 10.1. The molecule has 0 saturated carbocycles. The topological polar surface area (TPSA) is 110 Å². The summed E-state index contributed by atoms with van der Waals surface area (Å²) in [6.07, 6.45) is 4.63. The van der Waals surface area contributed by atoms with Crippen molar-refractivity contribution in [1.82, 2.24) is 10.2 Å². The van der Waals surface area contributed by atoms with Gasteiger partial charge in [-0.25, -0.2) is 0 Å². The number of nitrogens with two attached hydrogens (primary N) is 1. The van der Waals surface area contributed by atoms with Gasteiger partial charge in [0.2, 0.25) is 6.41 Å². The zero-order valence-corrected chi connectivity index (χ0v) is 14.0. The van der Waals surface area contributed by atoms with Crippen molar-refractivity contribution in [3.63, 3.8) is 0 Å². The molecule has 0 unspecified atom stereocenters. The second-order valence-electron chi connectivity index (χ2n) is 4.95. The average Bonchev–Trinajstić information content (AvgIpc) is 3.01. The molecule has 7 heteroatoms. The maximum atomic E-state index is 12.4. The fourth-order valence-corrected chi connectivity index (χ4v) is 2.04. The fourth-order valence-electron chi connectivity index (χ4n) is 2.04. The number of aromatic amines is 1. The van der Waals surface area contributed by atoms with Gasteiger partial charge in [0, 0.05) is 0 Å². The number of carbonyl (C=O) groups excluding carboxylic acids is 2. The van der Waals surface area contributed by atoms with Crippen molar-refractivity contribution in [1.29, 1.82) is 0 Å². The van der Waals surface area contributed by atoms with E-state index in [1.165, 1.54) is 0 Å². The Hall–Kier alpha value is -2.83. The summed E-state index contributed by atoms with van der Waals surface area (Å²) in [6.45, 7) is 4.71. The number of rotatable bonds is 7. The molecule has 2 aromatic rings. The molecule has 1 heterocycles. The Morgan fingerprint density at radius 2 is 2.04 bits per heavy atom. The number of nitrogens with zero attached hydrogens (tertiary/aromatic N) is 1. The third-order valence-electron chi connectivity index (χ3n) is 3.06. The van der Waals surface area contributed by atoms with Gasteiger partial charge in [-0.15, -0.1) is 0 Å². The number of para-hydroxylation sites is 1. The minimum atomic E-state index is -0.180. The highest BCUT2D eigenvalue weighted by Crippen LogP contribution is 2.21. The molecule has 1 aromatic carbocycles. The van der Waals surface area contributed by atoms with E-state index in [4.69, 9.17) is 9.53 Å². The number of aryl methyl sites for hydroxylation is 1. The number of amides is 2. The maximum Gasteiger partial charge on any atom is 0.259 e. The lowest BCUT2D eigenvalue weighted by molar-refractivity contribution is -0.106. The highest BCUT2D eigenvalue weighted by molar-refractivity contribution is 6.06. The van der Waals surface area contributed by atoms with Crippen LogP contribution in [0.4, 0.5) is 5.69 Å². The van der Waals surface area contributed by atoms with Gasteiger partial charge in [0.15, 0.2) is 0 Å². The average molecular weight is 332 g/mol. The summed E-state index contributed by atoms with van der Waals surface area (Å²) in [4.78, 5) is 21.0. The molecular formula is C17H24N4O3. The summed E-state index contributed by atoms with van der Waals surface area (Å²) in [7, 11) is 0. The van der Waals surface area contributed by atoms with Gasteiger partial charge in [0.1, 0.15) is 5.75 Å². The molecule has 4 N–H and O–H groups in total. The molecule has 0 aliphatic rings. The van der Waals surface area contributed by atoms with Crippen LogP contribution in [0.15, 0.2) is 30.5 Å². The standard InChI is InChI=1S/C16H21N3O2.CH3NO/c1-3-7-13-14(11-17-19-13)18-16(20)12-8-5-6-9-15(12)21-10-4-2;2-1-3/h5-6,8-9,11H,3-4,7,10H2,1-2H3,(H,17,19)(H,18,20);1H,(H2,2,3). The second-order valence-corrected chi connectivity index (χ2v) is 4.95. The van der Waals surface area contributed by atoms with Gasteiger partial charge in [-0.05, 0) is 25.0 Å². The minimum absolute atomic E-state index is 0.180. The van der Waals surface area contributed by atoms with Crippen LogP contribution in [0.5, 0.6) is 5.75 Å². The van der Waals surface area contributed by atoms with E-state index in [0.717, 1.165) is 30.6 Å². The Balaban J connectivity index is 0.000000891. The van der Waals surface area contributed by atoms with Crippen LogP contribution in [0.25, 0.3) is 0 Å². The SMILES string of the molecule is CCCOc1ccccc1C(=O)Nc1cn[nH]c1CCC.NC=O. The Morgan fingerprint density at radius 1 is 1.33 bits per heavy atom. The number of aromatic nitrogens is 2. The van der Waals surface area contributed by atoms with Crippen LogP contribution in [0.3, 0.4) is 0 Å². The normalized spacial score (nSPS) is 9.58. The molecule has 0 atom stereocenters. The number of hydrogen-bond donors (Lipinski definition) is 3. The van der Waals surface area contributed by atoms with Gasteiger partial charge >= 0.3 is 0 Å². The Kier molecular flexibility index (Phi) is 8.67. The van der Waals surface area contributed by atoms with E-state index in [1.807, 2.05) is 25.1 Å². The number of carbonyl (C=O) groups is 2. The van der Waals surface area contributed by atoms with Gasteiger partial charge in [-0.3, -0.25) is 14.7 Å². The van der Waals surface area contributed by atoms with Crippen molar-refractivity contribution < 1.29 is 14.3 Å². The van der Waals surface area contributed by atoms with Crippen LogP contribution in [-0.2, 0) is 11.2 Å². The van der Waals surface area contributed by atoms with E-state index in [0.29, 0.717) is 17.9 Å². The van der Waals surface area contributed by atoms with Gasteiger partial charge in [0.05, 0.1) is 29.7 Å². The first kappa shape index (κ1) is 19.2. The molecule has 2 amide bonds. The van der Waals surface area contributed by atoms with Crippen molar-refractivity contribution in [3.05, 3.63) is 41.7 Å². The van der Waals surface area contributed by atoms with E-state index >= 15 is 0 Å². The largest absolute Gasteiger partial charge is 0.493 e. The molecule has 0 bridgehead atoms. The zero-order valence-electron chi connectivity index (χ0n) is 14.0. The van der Waals surface area contributed by atoms with Crippen LogP contribution < -0.4 is 15.8 Å². The first-order valence-corrected chi connectivity index (χ1v) is 7.88. The molecular weight excluding hydrogens is 308 g/mol. The summed E-state index contributed by atoms with van der Waals surface area (Å²) in [6, 6.07) is 7.27. The highest BCUT2D eigenvalue weighted by atomic mass is 16.5. The summed E-state index contributed by atoms with van der Waals surface area (Å²) < 4.78 is 5.62. The van der Waals surface area contributed by atoms with E-state index < -0.39 is 0 Å². The van der Waals surface area contributed by atoms with Crippen LogP contribution in [0, 0.1) is 0 Å². The molecule has 0 aliphatic carbocycles. The number of ether oxygens (including phenoxy) is 1. The maximum absolute atomic E-state index is 12.4. The van der Waals surface area contributed by atoms with Crippen LogP contribution in [-0.4, -0.2) is 29.1 Å². The van der Waals surface area contributed by atoms with E-state index in [9.17, 15) is 4.79 Å². The van der Waals surface area contributed by atoms with Crippen molar-refractivity contribution in [2.75, 3.05) is 11.9 Å². The fraction of sp³-hybridized carbons (Fsp3) is 0.353. The summed E-state index contributed by atoms with van der Waals surface area (Å²) in [5.41, 5.74) is 6.37. The van der Waals surface area contributed by atoms with Crippen molar-refractivity contribution in [2.45, 2.75) is 33.1 Å². The number of nitrogens with one attached hydrogen (secondary N) is 2. The summed E-state index contributed by atoms with van der Waals surface area (Å²) in [5.74, 6) is 0.429. The summed E-state index contributed by atoms with van der Waals surface area (Å²) >= 11 is 0. The monoisotopic (exact) mass is 332 g/mol. The number of H-pyrrole nitrogens is 1. The molecule has 7 nitrogen and oxygen atoms in total. The first-order chi connectivity index (χ1) is 11.7. The van der Waals surface area contributed by atoms with E-state index in [2.05, 4.69) is 28.2 Å². The Morgan fingerprint density at radius 3 is 2.71 bits per heavy atom.